The number of primary amides is 1. The minimum absolute atomic E-state index is 0.178. The van der Waals surface area contributed by atoms with Crippen LogP contribution in [0.1, 0.15) is 46.0 Å². The number of carbonyl (C=O) groups excluding carboxylic acids is 1. The van der Waals surface area contributed by atoms with Gasteiger partial charge in [0.15, 0.2) is 0 Å². The topological polar surface area (TPSA) is 67.6 Å². The molecule has 0 bridgehead atoms. The number of carbonyl (C=O) groups is 1. The molecule has 122 valence electrons. The summed E-state index contributed by atoms with van der Waals surface area (Å²) in [6.07, 6.45) is 5.63. The van der Waals surface area contributed by atoms with Crippen LogP contribution in [-0.4, -0.2) is 55.2 Å². The maximum atomic E-state index is 12.3. The van der Waals surface area contributed by atoms with Gasteiger partial charge in [0.05, 0.1) is 6.61 Å². The Labute approximate surface area is 128 Å². The summed E-state index contributed by atoms with van der Waals surface area (Å²) < 4.78 is 5.23. The van der Waals surface area contributed by atoms with E-state index in [1.165, 1.54) is 12.8 Å². The largest absolute Gasteiger partial charge is 0.383 e. The summed E-state index contributed by atoms with van der Waals surface area (Å²) in [6, 6.07) is 0.915. The van der Waals surface area contributed by atoms with E-state index in [1.54, 1.807) is 7.11 Å². The highest BCUT2D eigenvalue weighted by Crippen LogP contribution is 2.42. The number of rotatable bonds is 11. The lowest BCUT2D eigenvalue weighted by molar-refractivity contribution is -0.126. The molecule has 5 heteroatoms. The molecule has 2 fully saturated rings. The van der Waals surface area contributed by atoms with Crippen LogP contribution >= 0.6 is 0 Å². The number of nitrogens with zero attached hydrogens (tertiary/aromatic N) is 1. The zero-order chi connectivity index (χ0) is 15.5. The van der Waals surface area contributed by atoms with E-state index in [9.17, 15) is 4.79 Å². The molecule has 1 amide bonds. The van der Waals surface area contributed by atoms with E-state index in [-0.39, 0.29) is 5.91 Å². The van der Waals surface area contributed by atoms with Crippen LogP contribution in [-0.2, 0) is 9.53 Å². The summed E-state index contributed by atoms with van der Waals surface area (Å²) in [6.45, 7) is 6.64. The van der Waals surface area contributed by atoms with Crippen molar-refractivity contribution < 1.29 is 9.53 Å². The molecule has 0 saturated heterocycles. The standard InChI is InChI=1S/C16H31N3O2/c1-4-12(2)19(9-10-21-3)11-16(15(17)20,13-5-6-13)18-14-7-8-14/h12-14,18H,4-11H2,1-3H3,(H2,17,20). The summed E-state index contributed by atoms with van der Waals surface area (Å²) in [5, 5.41) is 3.59. The van der Waals surface area contributed by atoms with Crippen molar-refractivity contribution in [3.63, 3.8) is 0 Å². The zero-order valence-electron chi connectivity index (χ0n) is 13.7. The maximum Gasteiger partial charge on any atom is 0.239 e. The van der Waals surface area contributed by atoms with Crippen molar-refractivity contribution in [1.82, 2.24) is 10.2 Å². The Balaban J connectivity index is 2.11. The van der Waals surface area contributed by atoms with Gasteiger partial charge in [0, 0.05) is 32.3 Å². The lowest BCUT2D eigenvalue weighted by Gasteiger charge is -2.39. The Morgan fingerprint density at radius 3 is 2.52 bits per heavy atom. The highest BCUT2D eigenvalue weighted by Gasteiger charge is 2.52. The van der Waals surface area contributed by atoms with E-state index in [1.807, 2.05) is 0 Å². The van der Waals surface area contributed by atoms with Crippen LogP contribution in [0.15, 0.2) is 0 Å². The van der Waals surface area contributed by atoms with Gasteiger partial charge < -0.3 is 10.5 Å². The van der Waals surface area contributed by atoms with Gasteiger partial charge in [-0.25, -0.2) is 0 Å². The first kappa shape index (κ1) is 16.7. The summed E-state index contributed by atoms with van der Waals surface area (Å²) in [5.41, 5.74) is 5.30. The number of nitrogens with one attached hydrogen (secondary N) is 1. The molecule has 2 aliphatic carbocycles. The second-order valence-corrected chi connectivity index (χ2v) is 6.75. The third kappa shape index (κ3) is 4.18. The molecule has 0 spiro atoms. The molecular weight excluding hydrogens is 266 g/mol. The van der Waals surface area contributed by atoms with Gasteiger partial charge in [-0.2, -0.15) is 0 Å². The molecule has 0 aromatic rings. The molecule has 0 heterocycles. The van der Waals surface area contributed by atoms with E-state index in [0.717, 1.165) is 25.8 Å². The van der Waals surface area contributed by atoms with E-state index < -0.39 is 5.54 Å². The normalized spacial score (nSPS) is 23.0. The van der Waals surface area contributed by atoms with Gasteiger partial charge in [-0.15, -0.1) is 0 Å². The van der Waals surface area contributed by atoms with Gasteiger partial charge in [0.25, 0.3) is 0 Å². The molecular formula is C16H31N3O2. The highest BCUT2D eigenvalue weighted by molar-refractivity contribution is 5.86. The van der Waals surface area contributed by atoms with Crippen LogP contribution in [0.2, 0.25) is 0 Å². The average molecular weight is 297 g/mol. The fourth-order valence-electron chi connectivity index (χ4n) is 3.05. The van der Waals surface area contributed by atoms with Crippen LogP contribution in [0.4, 0.5) is 0 Å². The number of methoxy groups -OCH3 is 1. The number of amides is 1. The minimum atomic E-state index is -0.543. The van der Waals surface area contributed by atoms with E-state index in [4.69, 9.17) is 10.5 Å². The van der Waals surface area contributed by atoms with Gasteiger partial charge in [-0.05, 0) is 44.9 Å². The Morgan fingerprint density at radius 2 is 2.10 bits per heavy atom. The monoisotopic (exact) mass is 297 g/mol. The fraction of sp³-hybridized carbons (Fsp3) is 0.938. The third-order valence-corrected chi connectivity index (χ3v) is 5.00. The predicted octanol–water partition coefficient (Wildman–Crippen LogP) is 1.12. The van der Waals surface area contributed by atoms with Crippen molar-refractivity contribution in [2.45, 2.75) is 63.6 Å². The second-order valence-electron chi connectivity index (χ2n) is 6.75. The van der Waals surface area contributed by atoms with Gasteiger partial charge in [-0.1, -0.05) is 6.92 Å². The predicted molar refractivity (Wildman–Crippen MR) is 84.0 cm³/mol. The third-order valence-electron chi connectivity index (χ3n) is 5.00. The molecule has 2 rings (SSSR count). The first-order valence-electron chi connectivity index (χ1n) is 8.34. The molecule has 3 N–H and O–H groups in total. The van der Waals surface area contributed by atoms with Crippen molar-refractivity contribution in [1.29, 1.82) is 0 Å². The average Bonchev–Trinajstić information content (AvgIpc) is 3.33. The van der Waals surface area contributed by atoms with Crippen LogP contribution < -0.4 is 11.1 Å². The van der Waals surface area contributed by atoms with Crippen LogP contribution in [0.25, 0.3) is 0 Å². The molecule has 2 unspecified atom stereocenters. The number of hydrogen-bond donors (Lipinski definition) is 2. The summed E-state index contributed by atoms with van der Waals surface area (Å²) in [7, 11) is 1.72. The SMILES string of the molecule is CCC(C)N(CCOC)CC(NC1CC1)(C(N)=O)C1CC1. The summed E-state index contributed by atoms with van der Waals surface area (Å²) in [5.74, 6) is 0.229. The molecule has 0 aliphatic heterocycles. The first-order valence-corrected chi connectivity index (χ1v) is 8.34. The molecule has 2 saturated carbocycles. The van der Waals surface area contributed by atoms with E-state index in [0.29, 0.717) is 31.2 Å². The Kier molecular flexibility index (Phi) is 5.63. The van der Waals surface area contributed by atoms with Gasteiger partial charge in [0.2, 0.25) is 5.91 Å². The molecule has 0 aromatic carbocycles. The maximum absolute atomic E-state index is 12.3. The van der Waals surface area contributed by atoms with Gasteiger partial charge in [-0.3, -0.25) is 15.0 Å². The first-order chi connectivity index (χ1) is 10.0. The molecule has 0 aromatic heterocycles. The van der Waals surface area contributed by atoms with Crippen molar-refractivity contribution in [2.75, 3.05) is 26.8 Å². The molecule has 2 atom stereocenters. The zero-order valence-corrected chi connectivity index (χ0v) is 13.7. The van der Waals surface area contributed by atoms with Crippen molar-refractivity contribution in [3.05, 3.63) is 0 Å². The van der Waals surface area contributed by atoms with Crippen LogP contribution in [0, 0.1) is 5.92 Å². The highest BCUT2D eigenvalue weighted by atomic mass is 16.5. The lowest BCUT2D eigenvalue weighted by Crippen LogP contribution is -2.64. The smallest absolute Gasteiger partial charge is 0.239 e. The van der Waals surface area contributed by atoms with Crippen LogP contribution in [0.5, 0.6) is 0 Å². The fourth-order valence-corrected chi connectivity index (χ4v) is 3.05. The van der Waals surface area contributed by atoms with Gasteiger partial charge in [0.1, 0.15) is 5.54 Å². The number of ether oxygens (including phenoxy) is 1. The quantitative estimate of drug-likeness (QED) is 0.600. The number of nitrogens with two attached hydrogens (primary N) is 1. The Hall–Kier alpha value is -0.650. The Bertz CT molecular complexity index is 355. The Morgan fingerprint density at radius 1 is 1.43 bits per heavy atom. The molecule has 21 heavy (non-hydrogen) atoms. The van der Waals surface area contributed by atoms with Crippen LogP contribution in [0.3, 0.4) is 0 Å². The van der Waals surface area contributed by atoms with Crippen molar-refractivity contribution in [3.8, 4) is 0 Å². The molecule has 2 aliphatic rings. The van der Waals surface area contributed by atoms with Gasteiger partial charge >= 0.3 is 0 Å². The van der Waals surface area contributed by atoms with E-state index >= 15 is 0 Å². The molecule has 5 nitrogen and oxygen atoms in total. The second kappa shape index (κ2) is 7.07. The lowest BCUT2D eigenvalue weighted by atomic mass is 9.90. The van der Waals surface area contributed by atoms with E-state index in [2.05, 4.69) is 24.1 Å². The summed E-state index contributed by atoms with van der Waals surface area (Å²) in [4.78, 5) is 14.7. The number of hydrogen-bond acceptors (Lipinski definition) is 4. The molecule has 0 radical (unpaired) electrons. The van der Waals surface area contributed by atoms with Crippen molar-refractivity contribution >= 4 is 5.91 Å². The summed E-state index contributed by atoms with van der Waals surface area (Å²) >= 11 is 0. The van der Waals surface area contributed by atoms with Crippen molar-refractivity contribution in [2.24, 2.45) is 11.7 Å². The minimum Gasteiger partial charge on any atom is -0.383 e.